The number of hydrogen-bond acceptors (Lipinski definition) is 5. The molecule has 1 aliphatic heterocycles. The van der Waals surface area contributed by atoms with Gasteiger partial charge in [-0.3, -0.25) is 4.79 Å². The van der Waals surface area contributed by atoms with Crippen molar-refractivity contribution in [3.05, 3.63) is 65.2 Å². The number of benzene rings is 2. The Morgan fingerprint density at radius 2 is 2.00 bits per heavy atom. The Morgan fingerprint density at radius 3 is 2.70 bits per heavy atom. The van der Waals surface area contributed by atoms with Gasteiger partial charge in [0.1, 0.15) is 6.04 Å². The fourth-order valence-electron chi connectivity index (χ4n) is 3.06. The Bertz CT molecular complexity index is 955. The maximum absolute atomic E-state index is 12.6. The van der Waals surface area contributed by atoms with E-state index in [4.69, 9.17) is 5.84 Å². The van der Waals surface area contributed by atoms with Gasteiger partial charge < -0.3 is 10.7 Å². The summed E-state index contributed by atoms with van der Waals surface area (Å²) < 4.78 is 27.6. The van der Waals surface area contributed by atoms with Crippen LogP contribution in [0.15, 0.2) is 58.5 Å². The van der Waals surface area contributed by atoms with Crippen LogP contribution >= 0.6 is 0 Å². The number of amides is 1. The topological polar surface area (TPSA) is 105 Å². The predicted molar refractivity (Wildman–Crippen MR) is 104 cm³/mol. The molecule has 0 unspecified atom stereocenters. The smallest absolute Gasteiger partial charge is 0.241 e. The summed E-state index contributed by atoms with van der Waals surface area (Å²) in [4.78, 5) is 14.5. The van der Waals surface area contributed by atoms with Gasteiger partial charge in [-0.1, -0.05) is 35.9 Å². The molecule has 0 saturated carbocycles. The Balaban J connectivity index is 1.68. The van der Waals surface area contributed by atoms with Gasteiger partial charge in [0.15, 0.2) is 0 Å². The van der Waals surface area contributed by atoms with Crippen molar-refractivity contribution in [2.75, 3.05) is 6.54 Å². The van der Waals surface area contributed by atoms with Gasteiger partial charge in [-0.25, -0.2) is 8.42 Å². The van der Waals surface area contributed by atoms with Gasteiger partial charge in [0, 0.05) is 13.1 Å². The highest BCUT2D eigenvalue weighted by Gasteiger charge is 2.34. The maximum atomic E-state index is 12.6. The molecule has 1 atom stereocenters. The number of aryl methyl sites for hydroxylation is 1. The summed E-state index contributed by atoms with van der Waals surface area (Å²) in [5.74, 6) is 4.95. The third-order valence-electron chi connectivity index (χ3n) is 4.47. The molecule has 0 spiro atoms. The van der Waals surface area contributed by atoms with Crippen LogP contribution in [0.2, 0.25) is 0 Å². The lowest BCUT2D eigenvalue weighted by Gasteiger charge is -2.17. The number of sulfonamides is 1. The monoisotopic (exact) mass is 386 g/mol. The number of likely N-dealkylation sites (tertiary alicyclic amines) is 1. The SMILES string of the molecule is Cc1ccc(S(=O)(=O)N[C@H]2CCN(Cc3cccc(C=NN)c3)C2=O)cc1. The molecule has 2 aromatic carbocycles. The first kappa shape index (κ1) is 19.1. The predicted octanol–water partition coefficient (Wildman–Crippen LogP) is 1.37. The molecule has 27 heavy (non-hydrogen) atoms. The molecule has 1 aliphatic rings. The molecule has 142 valence electrons. The number of nitrogens with two attached hydrogens (primary N) is 1. The second-order valence-electron chi connectivity index (χ2n) is 6.56. The zero-order valence-corrected chi connectivity index (χ0v) is 15.8. The van der Waals surface area contributed by atoms with Gasteiger partial charge in [0.05, 0.1) is 11.1 Å². The first-order chi connectivity index (χ1) is 12.9. The largest absolute Gasteiger partial charge is 0.337 e. The van der Waals surface area contributed by atoms with Crippen LogP contribution in [-0.4, -0.2) is 38.0 Å². The lowest BCUT2D eigenvalue weighted by Crippen LogP contribution is -2.41. The molecule has 0 bridgehead atoms. The normalized spacial score (nSPS) is 17.7. The number of nitrogens with zero attached hydrogens (tertiary/aromatic N) is 2. The Hall–Kier alpha value is -2.71. The molecule has 1 saturated heterocycles. The summed E-state index contributed by atoms with van der Waals surface area (Å²) >= 11 is 0. The van der Waals surface area contributed by atoms with E-state index in [1.165, 1.54) is 6.21 Å². The van der Waals surface area contributed by atoms with Crippen molar-refractivity contribution in [3.8, 4) is 0 Å². The van der Waals surface area contributed by atoms with Crippen molar-refractivity contribution >= 4 is 22.1 Å². The molecule has 3 N–H and O–H groups in total. The third-order valence-corrected chi connectivity index (χ3v) is 5.96. The van der Waals surface area contributed by atoms with E-state index >= 15 is 0 Å². The van der Waals surface area contributed by atoms with Crippen LogP contribution in [0.1, 0.15) is 23.1 Å². The average molecular weight is 386 g/mol. The number of carbonyl (C=O) groups excluding carboxylic acids is 1. The van der Waals surface area contributed by atoms with Crippen LogP contribution in [0.5, 0.6) is 0 Å². The highest BCUT2D eigenvalue weighted by molar-refractivity contribution is 7.89. The van der Waals surface area contributed by atoms with E-state index < -0.39 is 16.1 Å². The van der Waals surface area contributed by atoms with E-state index in [2.05, 4.69) is 9.82 Å². The molecule has 8 heteroatoms. The number of carbonyl (C=O) groups is 1. The summed E-state index contributed by atoms with van der Waals surface area (Å²) in [5, 5.41) is 3.50. The molecule has 3 rings (SSSR count). The van der Waals surface area contributed by atoms with Gasteiger partial charge in [-0.15, -0.1) is 0 Å². The quantitative estimate of drug-likeness (QED) is 0.444. The highest BCUT2D eigenvalue weighted by atomic mass is 32.2. The lowest BCUT2D eigenvalue weighted by molar-refractivity contribution is -0.129. The highest BCUT2D eigenvalue weighted by Crippen LogP contribution is 2.18. The average Bonchev–Trinajstić information content (AvgIpc) is 2.96. The maximum Gasteiger partial charge on any atom is 0.241 e. The lowest BCUT2D eigenvalue weighted by atomic mass is 10.1. The van der Waals surface area contributed by atoms with Crippen LogP contribution in [0.4, 0.5) is 0 Å². The van der Waals surface area contributed by atoms with Crippen molar-refractivity contribution in [2.24, 2.45) is 10.9 Å². The first-order valence-corrected chi connectivity index (χ1v) is 10.1. The zero-order chi connectivity index (χ0) is 19.4. The molecule has 2 aromatic rings. The van der Waals surface area contributed by atoms with Crippen molar-refractivity contribution in [3.63, 3.8) is 0 Å². The Kier molecular flexibility index (Phi) is 5.57. The molecule has 1 heterocycles. The van der Waals surface area contributed by atoms with Gasteiger partial charge >= 0.3 is 0 Å². The van der Waals surface area contributed by atoms with Crippen LogP contribution in [-0.2, 0) is 21.4 Å². The second kappa shape index (κ2) is 7.89. The minimum atomic E-state index is -3.73. The van der Waals surface area contributed by atoms with E-state index in [0.29, 0.717) is 19.5 Å². The Morgan fingerprint density at radius 1 is 1.26 bits per heavy atom. The summed E-state index contributed by atoms with van der Waals surface area (Å²) in [7, 11) is -3.73. The van der Waals surface area contributed by atoms with Crippen LogP contribution in [0.3, 0.4) is 0 Å². The van der Waals surface area contributed by atoms with E-state index in [-0.39, 0.29) is 10.8 Å². The van der Waals surface area contributed by atoms with Crippen molar-refractivity contribution in [1.82, 2.24) is 9.62 Å². The van der Waals surface area contributed by atoms with Gasteiger partial charge in [-0.05, 0) is 42.7 Å². The summed E-state index contributed by atoms with van der Waals surface area (Å²) in [6.07, 6.45) is 1.97. The number of hydrazone groups is 1. The minimum absolute atomic E-state index is 0.160. The molecular formula is C19H22N4O3S. The molecule has 0 aliphatic carbocycles. The standard InChI is InChI=1S/C19H22N4O3S/c1-14-5-7-17(8-6-14)27(25,26)22-18-9-10-23(19(18)24)13-16-4-2-3-15(11-16)12-21-20/h2-8,11-12,18,22H,9-10,13,20H2,1H3/t18-/m0/s1. The summed E-state index contributed by atoms with van der Waals surface area (Å²) in [6, 6.07) is 13.3. The van der Waals surface area contributed by atoms with Crippen molar-refractivity contribution < 1.29 is 13.2 Å². The van der Waals surface area contributed by atoms with Crippen LogP contribution < -0.4 is 10.6 Å². The molecule has 1 fully saturated rings. The molecule has 0 radical (unpaired) electrons. The second-order valence-corrected chi connectivity index (χ2v) is 8.27. The van der Waals surface area contributed by atoms with Gasteiger partial charge in [-0.2, -0.15) is 9.82 Å². The fourth-order valence-corrected chi connectivity index (χ4v) is 4.28. The minimum Gasteiger partial charge on any atom is -0.337 e. The van der Waals surface area contributed by atoms with E-state index in [0.717, 1.165) is 16.7 Å². The molecular weight excluding hydrogens is 364 g/mol. The van der Waals surface area contributed by atoms with Gasteiger partial charge in [0.25, 0.3) is 0 Å². The van der Waals surface area contributed by atoms with Crippen molar-refractivity contribution in [1.29, 1.82) is 0 Å². The number of rotatable bonds is 6. The molecule has 7 nitrogen and oxygen atoms in total. The first-order valence-electron chi connectivity index (χ1n) is 8.59. The van der Waals surface area contributed by atoms with E-state index in [1.807, 2.05) is 31.2 Å². The Labute approximate surface area is 158 Å². The van der Waals surface area contributed by atoms with Crippen LogP contribution in [0, 0.1) is 6.92 Å². The van der Waals surface area contributed by atoms with E-state index in [1.54, 1.807) is 29.2 Å². The fraction of sp³-hybridized carbons (Fsp3) is 0.263. The van der Waals surface area contributed by atoms with E-state index in [9.17, 15) is 13.2 Å². The third kappa shape index (κ3) is 4.53. The zero-order valence-electron chi connectivity index (χ0n) is 15.0. The van der Waals surface area contributed by atoms with Crippen LogP contribution in [0.25, 0.3) is 0 Å². The summed E-state index contributed by atoms with van der Waals surface area (Å²) in [6.45, 7) is 2.79. The number of hydrogen-bond donors (Lipinski definition) is 2. The summed E-state index contributed by atoms with van der Waals surface area (Å²) in [5.41, 5.74) is 2.75. The molecule has 1 amide bonds. The number of nitrogens with one attached hydrogen (secondary N) is 1. The molecule has 0 aromatic heterocycles. The van der Waals surface area contributed by atoms with Crippen molar-refractivity contribution in [2.45, 2.75) is 30.8 Å². The van der Waals surface area contributed by atoms with Gasteiger partial charge in [0.2, 0.25) is 15.9 Å².